The lowest BCUT2D eigenvalue weighted by molar-refractivity contribution is 0.270. The van der Waals surface area contributed by atoms with Gasteiger partial charge >= 0.3 is 0 Å². The monoisotopic (exact) mass is 390 g/mol. The third kappa shape index (κ3) is 7.54. The lowest BCUT2D eigenvalue weighted by Crippen LogP contribution is -2.02. The zero-order valence-corrected chi connectivity index (χ0v) is 17.1. The Balaban J connectivity index is 1.86. The quantitative estimate of drug-likeness (QED) is 0.284. The Kier molecular flexibility index (Phi) is 9.62. The Labute approximate surface area is 166 Å². The highest BCUT2D eigenvalue weighted by atomic mass is 32.1. The number of aromatic amines is 1. The second kappa shape index (κ2) is 12.3. The lowest BCUT2D eigenvalue weighted by atomic mass is 10.1. The van der Waals surface area contributed by atoms with E-state index in [0.717, 1.165) is 23.5 Å². The third-order valence-corrected chi connectivity index (χ3v) is 4.42. The van der Waals surface area contributed by atoms with E-state index < -0.39 is 0 Å². The molecule has 0 saturated heterocycles. The number of benzene rings is 1. The number of H-pyrrole nitrogens is 1. The number of nitrogens with zero attached hydrogens (tertiary/aromatic N) is 3. The van der Waals surface area contributed by atoms with Crippen LogP contribution in [0.1, 0.15) is 64.4 Å². The molecule has 7 heteroatoms. The summed E-state index contributed by atoms with van der Waals surface area (Å²) in [5.74, 6) is 1.51. The second-order valence-corrected chi connectivity index (χ2v) is 6.75. The van der Waals surface area contributed by atoms with Crippen LogP contribution in [0.15, 0.2) is 29.6 Å². The predicted octanol–water partition coefficient (Wildman–Crippen LogP) is 5.35. The SMILES string of the molecule is CCCCCCCCCOc1ccc(/C=N\n2cn[nH]c2=S)cc1OCC. The molecular weight excluding hydrogens is 360 g/mol. The highest BCUT2D eigenvalue weighted by Crippen LogP contribution is 2.28. The average Bonchev–Trinajstić information content (AvgIpc) is 3.08. The minimum Gasteiger partial charge on any atom is -0.490 e. The van der Waals surface area contributed by atoms with Crippen molar-refractivity contribution in [3.05, 3.63) is 34.9 Å². The molecule has 0 bridgehead atoms. The fraction of sp³-hybridized carbons (Fsp3) is 0.550. The molecule has 2 aromatic rings. The summed E-state index contributed by atoms with van der Waals surface area (Å²) >= 11 is 5.07. The topological polar surface area (TPSA) is 64.4 Å². The first-order valence-corrected chi connectivity index (χ1v) is 10.2. The number of ether oxygens (including phenoxy) is 2. The largest absolute Gasteiger partial charge is 0.490 e. The van der Waals surface area contributed by atoms with Crippen LogP contribution in [-0.4, -0.2) is 34.3 Å². The van der Waals surface area contributed by atoms with Gasteiger partial charge in [-0.25, -0.2) is 0 Å². The van der Waals surface area contributed by atoms with Gasteiger partial charge in [-0.2, -0.15) is 14.9 Å². The first-order chi connectivity index (χ1) is 13.2. The third-order valence-electron chi connectivity index (χ3n) is 4.14. The van der Waals surface area contributed by atoms with Crippen LogP contribution < -0.4 is 9.47 Å². The number of nitrogens with one attached hydrogen (secondary N) is 1. The van der Waals surface area contributed by atoms with Gasteiger partial charge in [0, 0.05) is 0 Å². The van der Waals surface area contributed by atoms with E-state index >= 15 is 0 Å². The summed E-state index contributed by atoms with van der Waals surface area (Å²) < 4.78 is 13.6. The van der Waals surface area contributed by atoms with Crippen molar-refractivity contribution < 1.29 is 9.47 Å². The Bertz CT molecular complexity index is 754. The Morgan fingerprint density at radius 3 is 2.56 bits per heavy atom. The van der Waals surface area contributed by atoms with Gasteiger partial charge in [-0.1, -0.05) is 45.4 Å². The van der Waals surface area contributed by atoms with Crippen molar-refractivity contribution >= 4 is 18.4 Å². The average molecular weight is 391 g/mol. The van der Waals surface area contributed by atoms with Gasteiger partial charge in [0.2, 0.25) is 4.77 Å². The van der Waals surface area contributed by atoms with E-state index in [2.05, 4.69) is 22.2 Å². The van der Waals surface area contributed by atoms with Gasteiger partial charge in [-0.05, 0) is 49.3 Å². The van der Waals surface area contributed by atoms with Crippen molar-refractivity contribution in [2.45, 2.75) is 58.8 Å². The van der Waals surface area contributed by atoms with Crippen LogP contribution in [0.5, 0.6) is 11.5 Å². The molecule has 0 radical (unpaired) electrons. The standard InChI is InChI=1S/C20H30N4O2S/c1-3-5-6-7-8-9-10-13-26-18-12-11-17(14-19(18)25-4-2)15-22-24-16-21-23-20(24)27/h11-12,14-16H,3-10,13H2,1-2H3,(H,23,27)/b22-15-. The Morgan fingerprint density at radius 1 is 1.07 bits per heavy atom. The van der Waals surface area contributed by atoms with E-state index in [4.69, 9.17) is 21.7 Å². The van der Waals surface area contributed by atoms with Gasteiger partial charge in [-0.3, -0.25) is 5.10 Å². The normalized spacial score (nSPS) is 11.2. The molecule has 1 heterocycles. The summed E-state index contributed by atoms with van der Waals surface area (Å²) in [7, 11) is 0. The Hall–Kier alpha value is -2.15. The van der Waals surface area contributed by atoms with E-state index in [1.54, 1.807) is 6.21 Å². The summed E-state index contributed by atoms with van der Waals surface area (Å²) in [5.41, 5.74) is 0.907. The minimum atomic E-state index is 0.450. The summed E-state index contributed by atoms with van der Waals surface area (Å²) in [6.45, 7) is 5.51. The van der Waals surface area contributed by atoms with E-state index in [1.807, 2.05) is 25.1 Å². The molecule has 1 aromatic heterocycles. The molecule has 1 aromatic carbocycles. The van der Waals surface area contributed by atoms with Crippen molar-refractivity contribution in [3.8, 4) is 11.5 Å². The van der Waals surface area contributed by atoms with Gasteiger partial charge in [0.15, 0.2) is 11.5 Å². The van der Waals surface area contributed by atoms with Gasteiger partial charge in [0.25, 0.3) is 0 Å². The smallest absolute Gasteiger partial charge is 0.216 e. The molecule has 0 aliphatic heterocycles. The van der Waals surface area contributed by atoms with E-state index in [1.165, 1.54) is 49.5 Å². The fourth-order valence-corrected chi connectivity index (χ4v) is 2.83. The molecule has 2 rings (SSSR count). The van der Waals surface area contributed by atoms with Crippen LogP contribution in [0.2, 0.25) is 0 Å². The summed E-state index contributed by atoms with van der Waals surface area (Å²) in [4.78, 5) is 0. The fourth-order valence-electron chi connectivity index (χ4n) is 2.69. The van der Waals surface area contributed by atoms with Crippen LogP contribution in [0, 0.1) is 4.77 Å². The lowest BCUT2D eigenvalue weighted by Gasteiger charge is -2.12. The molecule has 148 valence electrons. The van der Waals surface area contributed by atoms with E-state index in [0.29, 0.717) is 18.0 Å². The first kappa shape index (κ1) is 21.2. The molecule has 0 aliphatic rings. The molecule has 0 fully saturated rings. The van der Waals surface area contributed by atoms with Crippen molar-refractivity contribution in [2.75, 3.05) is 13.2 Å². The highest BCUT2D eigenvalue weighted by molar-refractivity contribution is 7.71. The summed E-state index contributed by atoms with van der Waals surface area (Å²) in [5, 5.41) is 10.8. The van der Waals surface area contributed by atoms with Gasteiger partial charge in [0.05, 0.1) is 19.4 Å². The second-order valence-electron chi connectivity index (χ2n) is 6.36. The summed E-state index contributed by atoms with van der Waals surface area (Å²) in [6, 6.07) is 5.81. The molecule has 27 heavy (non-hydrogen) atoms. The van der Waals surface area contributed by atoms with Gasteiger partial charge < -0.3 is 9.47 Å². The maximum atomic E-state index is 5.94. The minimum absolute atomic E-state index is 0.450. The molecule has 0 spiro atoms. The highest BCUT2D eigenvalue weighted by Gasteiger charge is 2.06. The maximum absolute atomic E-state index is 5.94. The molecule has 0 aliphatic carbocycles. The van der Waals surface area contributed by atoms with Crippen LogP contribution >= 0.6 is 12.2 Å². The molecule has 0 amide bonds. The molecular formula is C20H30N4O2S. The molecule has 0 atom stereocenters. The van der Waals surface area contributed by atoms with E-state index in [9.17, 15) is 0 Å². The first-order valence-electron chi connectivity index (χ1n) is 9.80. The van der Waals surface area contributed by atoms with Crippen LogP contribution in [0.4, 0.5) is 0 Å². The number of unbranched alkanes of at least 4 members (excludes halogenated alkanes) is 6. The maximum Gasteiger partial charge on any atom is 0.216 e. The van der Waals surface area contributed by atoms with Crippen molar-refractivity contribution in [1.82, 2.24) is 14.9 Å². The molecule has 6 nitrogen and oxygen atoms in total. The number of rotatable bonds is 13. The number of hydrogen-bond acceptors (Lipinski definition) is 5. The Morgan fingerprint density at radius 2 is 1.85 bits per heavy atom. The zero-order chi connectivity index (χ0) is 19.3. The zero-order valence-electron chi connectivity index (χ0n) is 16.3. The predicted molar refractivity (Wildman–Crippen MR) is 112 cm³/mol. The number of hydrogen-bond donors (Lipinski definition) is 1. The van der Waals surface area contributed by atoms with Crippen molar-refractivity contribution in [1.29, 1.82) is 0 Å². The van der Waals surface area contributed by atoms with Gasteiger partial charge in [0.1, 0.15) is 6.33 Å². The van der Waals surface area contributed by atoms with Gasteiger partial charge in [-0.15, -0.1) is 0 Å². The molecule has 0 saturated carbocycles. The van der Waals surface area contributed by atoms with Crippen LogP contribution in [-0.2, 0) is 0 Å². The molecule has 0 unspecified atom stereocenters. The number of aromatic nitrogens is 3. The van der Waals surface area contributed by atoms with Crippen molar-refractivity contribution in [2.24, 2.45) is 5.10 Å². The van der Waals surface area contributed by atoms with Crippen molar-refractivity contribution in [3.63, 3.8) is 0 Å². The van der Waals surface area contributed by atoms with Crippen LogP contribution in [0.3, 0.4) is 0 Å². The van der Waals surface area contributed by atoms with E-state index in [-0.39, 0.29) is 0 Å². The van der Waals surface area contributed by atoms with Crippen LogP contribution in [0.25, 0.3) is 0 Å². The molecule has 1 N–H and O–H groups in total. The summed E-state index contributed by atoms with van der Waals surface area (Å²) in [6.07, 6.45) is 12.1.